The topological polar surface area (TPSA) is 80.0 Å². The fourth-order valence-electron chi connectivity index (χ4n) is 2.37. The number of carbonyl (C=O) groups excluding carboxylic acids is 1. The zero-order valence-electron chi connectivity index (χ0n) is 13.8. The molecule has 6 nitrogen and oxygen atoms in total. The zero-order chi connectivity index (χ0) is 17.2. The molecule has 1 saturated carbocycles. The van der Waals surface area contributed by atoms with E-state index in [2.05, 4.69) is 20.8 Å². The summed E-state index contributed by atoms with van der Waals surface area (Å²) in [6, 6.07) is 5.99. The lowest BCUT2D eigenvalue weighted by molar-refractivity contribution is 0.236. The fraction of sp³-hybridized carbons (Fsp3) is 0.471. The van der Waals surface area contributed by atoms with E-state index in [-0.39, 0.29) is 23.8 Å². The van der Waals surface area contributed by atoms with Crippen LogP contribution in [0.25, 0.3) is 0 Å². The van der Waals surface area contributed by atoms with Gasteiger partial charge in [-0.3, -0.25) is 0 Å². The molecule has 2 amide bonds. The molecule has 1 aliphatic rings. The lowest BCUT2D eigenvalue weighted by atomic mass is 9.84. The Labute approximate surface area is 139 Å². The summed E-state index contributed by atoms with van der Waals surface area (Å²) in [6.45, 7) is 4.59. The van der Waals surface area contributed by atoms with Crippen molar-refractivity contribution in [3.05, 3.63) is 47.4 Å². The number of nitrogens with one attached hydrogen (secondary N) is 2. The van der Waals surface area contributed by atoms with Crippen molar-refractivity contribution in [3.8, 4) is 0 Å². The number of amides is 2. The van der Waals surface area contributed by atoms with Gasteiger partial charge in [-0.25, -0.2) is 9.18 Å². The summed E-state index contributed by atoms with van der Waals surface area (Å²) in [6.07, 6.45) is 2.21. The SMILES string of the molecule is CC(C)(CNC(=O)NCc1nc(C2CC2)no1)c1ccc(F)cc1. The minimum Gasteiger partial charge on any atom is -0.337 e. The quantitative estimate of drug-likeness (QED) is 0.852. The van der Waals surface area contributed by atoms with E-state index in [4.69, 9.17) is 4.52 Å². The van der Waals surface area contributed by atoms with E-state index in [1.807, 2.05) is 13.8 Å². The molecule has 2 aromatic rings. The maximum Gasteiger partial charge on any atom is 0.315 e. The van der Waals surface area contributed by atoms with Crippen molar-refractivity contribution in [1.82, 2.24) is 20.8 Å². The molecule has 0 aliphatic heterocycles. The van der Waals surface area contributed by atoms with Gasteiger partial charge in [0.2, 0.25) is 5.89 Å². The van der Waals surface area contributed by atoms with Crippen LogP contribution in [-0.2, 0) is 12.0 Å². The number of halogens is 1. The molecule has 3 rings (SSSR count). The molecule has 128 valence electrons. The van der Waals surface area contributed by atoms with Gasteiger partial charge in [0, 0.05) is 17.9 Å². The van der Waals surface area contributed by atoms with Gasteiger partial charge in [-0.1, -0.05) is 31.1 Å². The van der Waals surface area contributed by atoms with E-state index in [1.54, 1.807) is 12.1 Å². The molecule has 24 heavy (non-hydrogen) atoms. The predicted molar refractivity (Wildman–Crippen MR) is 85.9 cm³/mol. The molecule has 1 fully saturated rings. The standard InChI is InChI=1S/C17H21FN4O2/c1-17(2,12-5-7-13(18)8-6-12)10-20-16(23)19-9-14-21-15(22-24-14)11-3-4-11/h5-8,11H,3-4,9-10H2,1-2H3,(H2,19,20,23). The molecule has 0 spiro atoms. The van der Waals surface area contributed by atoms with Crippen molar-refractivity contribution < 1.29 is 13.7 Å². The minimum absolute atomic E-state index is 0.197. The van der Waals surface area contributed by atoms with Gasteiger partial charge in [-0.2, -0.15) is 4.98 Å². The van der Waals surface area contributed by atoms with Crippen LogP contribution in [0.3, 0.4) is 0 Å². The summed E-state index contributed by atoms with van der Waals surface area (Å²) in [5.41, 5.74) is 0.643. The highest BCUT2D eigenvalue weighted by Gasteiger charge is 2.28. The number of aromatic nitrogens is 2. The van der Waals surface area contributed by atoms with Crippen LogP contribution in [0.5, 0.6) is 0 Å². The lowest BCUT2D eigenvalue weighted by Crippen LogP contribution is -2.42. The highest BCUT2D eigenvalue weighted by atomic mass is 19.1. The normalized spacial score (nSPS) is 14.5. The first-order valence-electron chi connectivity index (χ1n) is 8.04. The van der Waals surface area contributed by atoms with Gasteiger partial charge in [-0.05, 0) is 30.5 Å². The van der Waals surface area contributed by atoms with Crippen molar-refractivity contribution in [1.29, 1.82) is 0 Å². The van der Waals surface area contributed by atoms with Gasteiger partial charge in [-0.15, -0.1) is 0 Å². The number of nitrogens with zero attached hydrogens (tertiary/aromatic N) is 2. The Morgan fingerprint density at radius 2 is 2.00 bits per heavy atom. The second-order valence-corrected chi connectivity index (χ2v) is 6.75. The van der Waals surface area contributed by atoms with Crippen LogP contribution in [-0.4, -0.2) is 22.7 Å². The Morgan fingerprint density at radius 3 is 2.67 bits per heavy atom. The Bertz CT molecular complexity index is 708. The summed E-state index contributed by atoms with van der Waals surface area (Å²) in [5.74, 6) is 1.28. The Kier molecular flexibility index (Phi) is 4.51. The third-order valence-corrected chi connectivity index (χ3v) is 4.14. The first-order chi connectivity index (χ1) is 11.4. The zero-order valence-corrected chi connectivity index (χ0v) is 13.8. The van der Waals surface area contributed by atoms with E-state index < -0.39 is 0 Å². The van der Waals surface area contributed by atoms with Crippen LogP contribution in [0, 0.1) is 5.82 Å². The molecule has 0 bridgehead atoms. The molecule has 7 heteroatoms. The summed E-state index contributed by atoms with van der Waals surface area (Å²) in [5, 5.41) is 9.41. The van der Waals surface area contributed by atoms with Crippen LogP contribution in [0.4, 0.5) is 9.18 Å². The molecule has 0 atom stereocenters. The molecule has 2 N–H and O–H groups in total. The monoisotopic (exact) mass is 332 g/mol. The first-order valence-corrected chi connectivity index (χ1v) is 8.04. The van der Waals surface area contributed by atoms with Gasteiger partial charge >= 0.3 is 6.03 Å². The Morgan fingerprint density at radius 1 is 1.29 bits per heavy atom. The number of hydrogen-bond donors (Lipinski definition) is 2. The molecular weight excluding hydrogens is 311 g/mol. The van der Waals surface area contributed by atoms with Crippen LogP contribution in [0.15, 0.2) is 28.8 Å². The summed E-state index contributed by atoms with van der Waals surface area (Å²) >= 11 is 0. The second-order valence-electron chi connectivity index (χ2n) is 6.75. The number of benzene rings is 1. The van der Waals surface area contributed by atoms with E-state index in [0.717, 1.165) is 24.2 Å². The molecule has 1 aromatic heterocycles. The largest absolute Gasteiger partial charge is 0.337 e. The third kappa shape index (κ3) is 4.10. The van der Waals surface area contributed by atoms with Gasteiger partial charge in [0.1, 0.15) is 5.82 Å². The number of rotatable bonds is 6. The average Bonchev–Trinajstić information content (AvgIpc) is 3.30. The van der Waals surface area contributed by atoms with Crippen LogP contribution < -0.4 is 10.6 Å². The molecule has 1 aromatic carbocycles. The van der Waals surface area contributed by atoms with Gasteiger partial charge < -0.3 is 15.2 Å². The van der Waals surface area contributed by atoms with E-state index in [9.17, 15) is 9.18 Å². The lowest BCUT2D eigenvalue weighted by Gasteiger charge is -2.25. The van der Waals surface area contributed by atoms with Crippen molar-refractivity contribution >= 4 is 6.03 Å². The van der Waals surface area contributed by atoms with Crippen LogP contribution >= 0.6 is 0 Å². The van der Waals surface area contributed by atoms with E-state index in [1.165, 1.54) is 12.1 Å². The van der Waals surface area contributed by atoms with Crippen molar-refractivity contribution in [2.24, 2.45) is 0 Å². The molecule has 1 aliphatic carbocycles. The summed E-state index contributed by atoms with van der Waals surface area (Å²) in [4.78, 5) is 16.2. The molecule has 0 saturated heterocycles. The molecule has 0 unspecified atom stereocenters. The second kappa shape index (κ2) is 6.59. The Hall–Kier alpha value is -2.44. The van der Waals surface area contributed by atoms with Crippen molar-refractivity contribution in [2.45, 2.75) is 44.6 Å². The fourth-order valence-corrected chi connectivity index (χ4v) is 2.37. The molecule has 1 heterocycles. The van der Waals surface area contributed by atoms with Crippen LogP contribution in [0.2, 0.25) is 0 Å². The van der Waals surface area contributed by atoms with Crippen molar-refractivity contribution in [3.63, 3.8) is 0 Å². The van der Waals surface area contributed by atoms with Gasteiger partial charge in [0.05, 0.1) is 6.54 Å². The third-order valence-electron chi connectivity index (χ3n) is 4.14. The molecular formula is C17H21FN4O2. The maximum atomic E-state index is 13.0. The summed E-state index contributed by atoms with van der Waals surface area (Å²) < 4.78 is 18.1. The molecule has 0 radical (unpaired) electrons. The van der Waals surface area contributed by atoms with Crippen molar-refractivity contribution in [2.75, 3.05) is 6.54 Å². The summed E-state index contributed by atoms with van der Waals surface area (Å²) in [7, 11) is 0. The average molecular weight is 332 g/mol. The van der Waals surface area contributed by atoms with E-state index in [0.29, 0.717) is 18.4 Å². The Balaban J connectivity index is 1.46. The van der Waals surface area contributed by atoms with Crippen LogP contribution in [0.1, 0.15) is 49.9 Å². The predicted octanol–water partition coefficient (Wildman–Crippen LogP) is 2.86. The number of carbonyl (C=O) groups is 1. The highest BCUT2D eigenvalue weighted by Crippen LogP contribution is 2.38. The smallest absolute Gasteiger partial charge is 0.315 e. The van der Waals surface area contributed by atoms with Gasteiger partial charge in [0.25, 0.3) is 0 Å². The highest BCUT2D eigenvalue weighted by molar-refractivity contribution is 5.73. The minimum atomic E-state index is -0.311. The maximum absolute atomic E-state index is 13.0. The number of urea groups is 1. The van der Waals surface area contributed by atoms with E-state index >= 15 is 0 Å². The first kappa shape index (κ1) is 16.4. The van der Waals surface area contributed by atoms with Gasteiger partial charge in [0.15, 0.2) is 5.82 Å². The number of hydrogen-bond acceptors (Lipinski definition) is 4.